The third-order valence-electron chi connectivity index (χ3n) is 4.33. The van der Waals surface area contributed by atoms with Gasteiger partial charge in [0.1, 0.15) is 5.82 Å². The number of hydrogen-bond donors (Lipinski definition) is 0. The van der Waals surface area contributed by atoms with E-state index in [1.165, 1.54) is 29.3 Å². The van der Waals surface area contributed by atoms with Crippen LogP contribution >= 0.6 is 23.4 Å². The largest absolute Gasteiger partial charge is 0.338 e. The van der Waals surface area contributed by atoms with Crippen molar-refractivity contribution in [2.45, 2.75) is 18.6 Å². The lowest BCUT2D eigenvalue weighted by Crippen LogP contribution is -2.33. The molecule has 5 heteroatoms. The van der Waals surface area contributed by atoms with Gasteiger partial charge in [-0.3, -0.25) is 4.79 Å². The average Bonchev–Trinajstić information content (AvgIpc) is 2.81. The SMILES string of the molecule is Cc1ccccc1C1CCN(C(=O)c2ccc(F)cc2Cl)CCS1. The predicted octanol–water partition coefficient (Wildman–Crippen LogP) is 5.11. The molecule has 0 spiro atoms. The first kappa shape index (κ1) is 17.3. The van der Waals surface area contributed by atoms with Crippen molar-refractivity contribution in [2.24, 2.45) is 0 Å². The molecule has 1 unspecified atom stereocenters. The Morgan fingerprint density at radius 3 is 2.79 bits per heavy atom. The fourth-order valence-corrected chi connectivity index (χ4v) is 4.58. The number of aryl methyl sites for hydroxylation is 1. The maximum absolute atomic E-state index is 13.2. The van der Waals surface area contributed by atoms with E-state index in [1.54, 1.807) is 0 Å². The van der Waals surface area contributed by atoms with Gasteiger partial charge in [0.15, 0.2) is 0 Å². The summed E-state index contributed by atoms with van der Waals surface area (Å²) >= 11 is 7.92. The molecule has 1 amide bonds. The molecule has 1 fully saturated rings. The smallest absolute Gasteiger partial charge is 0.255 e. The standard InChI is InChI=1S/C19H19ClFNOS/c1-13-4-2-3-5-15(13)18-8-9-22(10-11-24-18)19(23)16-7-6-14(21)12-17(16)20/h2-7,12,18H,8-11H2,1H3. The molecule has 126 valence electrons. The quantitative estimate of drug-likeness (QED) is 0.739. The van der Waals surface area contributed by atoms with Crippen LogP contribution in [-0.2, 0) is 0 Å². The van der Waals surface area contributed by atoms with Crippen molar-refractivity contribution in [3.8, 4) is 0 Å². The van der Waals surface area contributed by atoms with Crippen LogP contribution in [0.1, 0.15) is 33.2 Å². The molecular weight excluding hydrogens is 345 g/mol. The Kier molecular flexibility index (Phi) is 5.47. The zero-order valence-corrected chi connectivity index (χ0v) is 15.0. The highest BCUT2D eigenvalue weighted by Gasteiger charge is 2.24. The van der Waals surface area contributed by atoms with Crippen molar-refractivity contribution in [3.05, 3.63) is 70.0 Å². The van der Waals surface area contributed by atoms with Gasteiger partial charge < -0.3 is 4.90 Å². The first-order valence-electron chi connectivity index (χ1n) is 7.97. The molecule has 1 saturated heterocycles. The van der Waals surface area contributed by atoms with Gasteiger partial charge in [-0.1, -0.05) is 35.9 Å². The number of rotatable bonds is 2. The fourth-order valence-electron chi connectivity index (χ4n) is 3.00. The number of thioether (sulfide) groups is 1. The van der Waals surface area contributed by atoms with Crippen molar-refractivity contribution in [3.63, 3.8) is 0 Å². The monoisotopic (exact) mass is 363 g/mol. The lowest BCUT2D eigenvalue weighted by molar-refractivity contribution is 0.0766. The predicted molar refractivity (Wildman–Crippen MR) is 98.3 cm³/mol. The van der Waals surface area contributed by atoms with E-state index in [2.05, 4.69) is 25.1 Å². The van der Waals surface area contributed by atoms with E-state index >= 15 is 0 Å². The highest BCUT2D eigenvalue weighted by molar-refractivity contribution is 7.99. The molecule has 1 aliphatic rings. The molecule has 0 N–H and O–H groups in total. The Morgan fingerprint density at radius 2 is 2.04 bits per heavy atom. The Hall–Kier alpha value is -1.52. The summed E-state index contributed by atoms with van der Waals surface area (Å²) in [5.41, 5.74) is 3.00. The van der Waals surface area contributed by atoms with Crippen LogP contribution in [0.4, 0.5) is 4.39 Å². The maximum atomic E-state index is 13.2. The first-order valence-corrected chi connectivity index (χ1v) is 9.40. The molecule has 2 aromatic rings. The summed E-state index contributed by atoms with van der Waals surface area (Å²) in [5, 5.41) is 0.569. The van der Waals surface area contributed by atoms with E-state index in [9.17, 15) is 9.18 Å². The number of carbonyl (C=O) groups is 1. The molecule has 24 heavy (non-hydrogen) atoms. The molecule has 3 rings (SSSR count). The summed E-state index contributed by atoms with van der Waals surface area (Å²) in [5.74, 6) is 0.331. The zero-order chi connectivity index (χ0) is 17.1. The van der Waals surface area contributed by atoms with Crippen LogP contribution in [0.25, 0.3) is 0 Å². The number of halogens is 2. The van der Waals surface area contributed by atoms with Crippen LogP contribution in [0.2, 0.25) is 5.02 Å². The number of nitrogens with zero attached hydrogens (tertiary/aromatic N) is 1. The van der Waals surface area contributed by atoms with Gasteiger partial charge in [-0.2, -0.15) is 11.8 Å². The second-order valence-electron chi connectivity index (χ2n) is 5.92. The van der Waals surface area contributed by atoms with Crippen molar-refractivity contribution < 1.29 is 9.18 Å². The van der Waals surface area contributed by atoms with Crippen molar-refractivity contribution in [1.82, 2.24) is 4.90 Å². The highest BCUT2D eigenvalue weighted by atomic mass is 35.5. The van der Waals surface area contributed by atoms with Crippen LogP contribution in [0.3, 0.4) is 0 Å². The Morgan fingerprint density at radius 1 is 1.25 bits per heavy atom. The van der Waals surface area contributed by atoms with Gasteiger partial charge in [-0.25, -0.2) is 4.39 Å². The van der Waals surface area contributed by atoms with Crippen LogP contribution in [0, 0.1) is 12.7 Å². The van der Waals surface area contributed by atoms with E-state index < -0.39 is 5.82 Å². The van der Waals surface area contributed by atoms with Crippen molar-refractivity contribution in [1.29, 1.82) is 0 Å². The topological polar surface area (TPSA) is 20.3 Å². The summed E-state index contributed by atoms with van der Waals surface area (Å²) in [6.07, 6.45) is 0.903. The van der Waals surface area contributed by atoms with Gasteiger partial charge in [-0.05, 0) is 42.7 Å². The second kappa shape index (κ2) is 7.58. The molecule has 0 aromatic heterocycles. The molecular formula is C19H19ClFNOS. The number of benzene rings is 2. The van der Waals surface area contributed by atoms with Gasteiger partial charge in [-0.15, -0.1) is 0 Å². The number of amides is 1. The minimum Gasteiger partial charge on any atom is -0.338 e. The van der Waals surface area contributed by atoms with Gasteiger partial charge in [0, 0.05) is 24.1 Å². The molecule has 2 nitrogen and oxygen atoms in total. The third kappa shape index (κ3) is 3.76. The minimum absolute atomic E-state index is 0.119. The van der Waals surface area contributed by atoms with Crippen LogP contribution in [0.15, 0.2) is 42.5 Å². The van der Waals surface area contributed by atoms with E-state index in [1.807, 2.05) is 22.7 Å². The fraction of sp³-hybridized carbons (Fsp3) is 0.316. The lowest BCUT2D eigenvalue weighted by Gasteiger charge is -2.21. The van der Waals surface area contributed by atoms with Crippen LogP contribution in [-0.4, -0.2) is 29.6 Å². The summed E-state index contributed by atoms with van der Waals surface area (Å²) in [7, 11) is 0. The Balaban J connectivity index is 1.73. The molecule has 0 saturated carbocycles. The first-order chi connectivity index (χ1) is 11.6. The maximum Gasteiger partial charge on any atom is 0.255 e. The number of carbonyl (C=O) groups excluding carboxylic acids is 1. The summed E-state index contributed by atoms with van der Waals surface area (Å²) in [6.45, 7) is 3.49. The molecule has 1 atom stereocenters. The van der Waals surface area contributed by atoms with Gasteiger partial charge >= 0.3 is 0 Å². The summed E-state index contributed by atoms with van der Waals surface area (Å²) in [6, 6.07) is 12.3. The average molecular weight is 364 g/mol. The Bertz CT molecular complexity index is 752. The molecule has 0 aliphatic carbocycles. The molecule has 0 bridgehead atoms. The molecule has 1 heterocycles. The van der Waals surface area contributed by atoms with Gasteiger partial charge in [0.2, 0.25) is 0 Å². The highest BCUT2D eigenvalue weighted by Crippen LogP contribution is 2.36. The van der Waals surface area contributed by atoms with Crippen molar-refractivity contribution >= 4 is 29.3 Å². The molecule has 1 aliphatic heterocycles. The number of hydrogen-bond acceptors (Lipinski definition) is 2. The zero-order valence-electron chi connectivity index (χ0n) is 13.5. The van der Waals surface area contributed by atoms with E-state index in [4.69, 9.17) is 11.6 Å². The van der Waals surface area contributed by atoms with E-state index in [0.717, 1.165) is 12.2 Å². The minimum atomic E-state index is -0.428. The van der Waals surface area contributed by atoms with Gasteiger partial charge in [0.05, 0.1) is 10.6 Å². The molecule has 0 radical (unpaired) electrons. The summed E-state index contributed by atoms with van der Waals surface area (Å²) < 4.78 is 13.2. The lowest BCUT2D eigenvalue weighted by atomic mass is 10.0. The Labute approximate surface area is 151 Å². The van der Waals surface area contributed by atoms with Gasteiger partial charge in [0.25, 0.3) is 5.91 Å². The van der Waals surface area contributed by atoms with Crippen LogP contribution in [0.5, 0.6) is 0 Å². The van der Waals surface area contributed by atoms with E-state index in [-0.39, 0.29) is 10.9 Å². The third-order valence-corrected chi connectivity index (χ3v) is 5.95. The summed E-state index contributed by atoms with van der Waals surface area (Å²) in [4.78, 5) is 14.5. The molecule has 2 aromatic carbocycles. The second-order valence-corrected chi connectivity index (χ2v) is 7.64. The van der Waals surface area contributed by atoms with Crippen LogP contribution < -0.4 is 0 Å². The van der Waals surface area contributed by atoms with E-state index in [0.29, 0.717) is 23.9 Å². The van der Waals surface area contributed by atoms with Crippen molar-refractivity contribution in [2.75, 3.05) is 18.8 Å². The normalized spacial score (nSPS) is 18.3.